The van der Waals surface area contributed by atoms with E-state index in [4.69, 9.17) is 11.1 Å². The van der Waals surface area contributed by atoms with Crippen LogP contribution in [0.15, 0.2) is 30.3 Å². The van der Waals surface area contributed by atoms with E-state index in [0.717, 1.165) is 52.9 Å². The molecule has 280 valence electrons. The zero-order valence-corrected chi connectivity index (χ0v) is 18.2. The summed E-state index contributed by atoms with van der Waals surface area (Å²) < 4.78 is 13.4. The molecule has 6 heteroatoms. The average Bonchev–Trinajstić information content (AvgIpc) is 2.92. The maximum absolute atomic E-state index is 11.9. The third-order valence-electron chi connectivity index (χ3n) is 4.88. The summed E-state index contributed by atoms with van der Waals surface area (Å²) in [6.45, 7) is 8.99. The Bertz CT molecular complexity index is 1020. The highest BCUT2D eigenvalue weighted by molar-refractivity contribution is 8.15. The zero-order valence-electron chi connectivity index (χ0n) is 18.4. The van der Waals surface area contributed by atoms with Crippen LogP contribution in [0.2, 0.25) is 1.41 Å². The highest BCUT2D eigenvalue weighted by atomic mass is 32.2. The number of imide groups is 1. The minimum atomic E-state index is -0.519. The van der Waals surface area contributed by atoms with Gasteiger partial charge in [-0.25, -0.2) is 0 Å². The summed E-state index contributed by atoms with van der Waals surface area (Å²) in [5, 5.41) is -0.581. The van der Waals surface area contributed by atoms with E-state index in [9.17, 15) is 9.59 Å². The van der Waals surface area contributed by atoms with Crippen molar-refractivity contribution in [3.8, 4) is 5.75 Å². The Labute approximate surface area is 271 Å². The molecule has 2 amide bonds. The van der Waals surface area contributed by atoms with Crippen LogP contribution in [0.25, 0.3) is 0 Å². The van der Waals surface area contributed by atoms with Crippen LogP contribution in [-0.2, 0) is 24.1 Å². The Morgan fingerprint density at radius 3 is 2.69 bits per heavy atom. The lowest BCUT2D eigenvalue weighted by Crippen LogP contribution is -2.25. The van der Waals surface area contributed by atoms with Crippen molar-refractivity contribution in [2.24, 2.45) is 5.92 Å². The number of amides is 2. The summed E-state index contributed by atoms with van der Waals surface area (Å²) in [6.07, 6.45) is 2.20. The van der Waals surface area contributed by atoms with Gasteiger partial charge in [-0.1, -0.05) is 43.8 Å². The van der Waals surface area contributed by atoms with E-state index >= 15 is 0 Å². The molecule has 29 heavy (non-hydrogen) atoms. The summed E-state index contributed by atoms with van der Waals surface area (Å²) in [6, 6.07) is 10.0. The van der Waals surface area contributed by atoms with E-state index in [1.807, 2.05) is 25.1 Å². The molecule has 2 heterocycles. The van der Waals surface area contributed by atoms with Crippen molar-refractivity contribution in [1.29, 1.82) is 0 Å². The first-order valence-corrected chi connectivity index (χ1v) is 10.8. The number of pyridine rings is 1. The number of rotatable bonds is 8. The number of nitrogens with zero attached hydrogens (tertiary/aromatic N) is 1. The molecule has 1 atom stereocenters. The second kappa shape index (κ2) is 9.44. The van der Waals surface area contributed by atoms with Crippen LogP contribution in [-0.4, -0.2) is 28.0 Å². The van der Waals surface area contributed by atoms with Crippen LogP contribution >= 0.6 is 11.8 Å². The number of nitrogens with one attached hydrogen (secondary N) is 1. The molecular weight excluding hydrogens is 384 g/mol. The molecule has 1 aromatic carbocycles. The van der Waals surface area contributed by atoms with Crippen LogP contribution in [0.3, 0.4) is 0 Å². The first-order valence-electron chi connectivity index (χ1n) is 10.4. The normalized spacial score (nSPS) is 17.2. The molecule has 0 radical (unpaired) electrons. The smallest absolute Gasteiger partial charge is 0.286 e. The van der Waals surface area contributed by atoms with E-state index in [1.165, 1.54) is 5.56 Å². The van der Waals surface area contributed by atoms with Crippen LogP contribution in [0.4, 0.5) is 4.79 Å². The minimum Gasteiger partial charge on any atom is -0.493 e. The van der Waals surface area contributed by atoms with Gasteiger partial charge in [-0.15, -0.1) is 0 Å². The number of thioether (sulfide) groups is 1. The second-order valence-corrected chi connectivity index (χ2v) is 9.02. The van der Waals surface area contributed by atoms with Gasteiger partial charge in [-0.3, -0.25) is 19.9 Å². The van der Waals surface area contributed by atoms with Crippen LogP contribution in [0.5, 0.6) is 5.75 Å². The fourth-order valence-electron chi connectivity index (χ4n) is 3.41. The standard InChI is InChI=1S/C23H28N2O3S.63H2/c1-14(2)11-18-6-7-19(24-16(18)4)9-10-28-20-8-5-17(12-15(20)3)13-21-22(26)25-23(27)29-21;;;;;;;;;;;;;;;;;;;;;;;;;;;;;;;;;;;;;;;;;;;;;;;;;;;;;;;;;;;;;;;/h5-8,12,14,21H,9-11,13H2,1-4H3,(H,25,26,27);63*1H/i/hD. The topological polar surface area (TPSA) is 68.3 Å². The average molecular weight is 541 g/mol. The monoisotopic (exact) mass is 540 g/mol. The van der Waals surface area contributed by atoms with Crippen molar-refractivity contribution >= 4 is 22.9 Å². The molecule has 5 nitrogen and oxygen atoms in total. The molecule has 0 spiro atoms. The number of hydrogen-bond acceptors (Lipinski definition) is 5. The highest BCUT2D eigenvalue weighted by Gasteiger charge is 2.31. The largest absolute Gasteiger partial charge is 0.493 e. The summed E-state index contributed by atoms with van der Waals surface area (Å²) in [4.78, 5) is 28.1. The van der Waals surface area contributed by atoms with Crippen LogP contribution < -0.4 is 10.0 Å². The van der Waals surface area contributed by atoms with Crippen molar-refractivity contribution in [2.45, 2.75) is 52.2 Å². The molecule has 1 saturated heterocycles. The molecule has 3 rings (SSSR count). The lowest BCUT2D eigenvalue weighted by Gasteiger charge is -2.13. The van der Waals surface area contributed by atoms with Gasteiger partial charge < -0.3 is 4.74 Å². The predicted octanol–water partition coefficient (Wildman–Crippen LogP) is 19.9. The van der Waals surface area contributed by atoms with Gasteiger partial charge in [0.2, 0.25) is 5.91 Å². The highest BCUT2D eigenvalue weighted by Crippen LogP contribution is 2.26. The third kappa shape index (κ3) is 5.82. The SMILES string of the molecule is [2H]N1C(=O)SC(Cc2ccc(OCCc3ccc(CC(C)C)c(C)n3)c(C)c2)C1=O.[HH].[HH].[HH].[HH].[HH].[HH].[HH].[HH].[HH].[HH].[HH].[HH].[HH].[HH].[HH].[HH].[HH].[HH].[HH].[HH].[HH].[HH].[HH].[HH].[HH].[HH].[HH].[HH].[HH].[HH].[HH].[HH].[HH].[HH].[HH].[HH].[HH].[HH].[HH].[HH].[HH].[HH].[HH].[HH].[HH].[HH].[HH].[HH].[HH].[HH].[HH].[HH].[HH].[HH].[HH].[HH].[HH].[HH].[HH].[HH].[HH].[HH].[HH]. The fourth-order valence-corrected chi connectivity index (χ4v) is 4.22. The molecule has 1 aliphatic rings. The first kappa shape index (κ1) is 20.0. The van der Waals surface area contributed by atoms with Crippen molar-refractivity contribution in [2.75, 3.05) is 6.61 Å². The number of hydrogen-bond donors (Lipinski definition) is 1. The molecule has 0 aliphatic carbocycles. The van der Waals surface area contributed by atoms with Gasteiger partial charge in [-0.2, -0.15) is 0 Å². The quantitative estimate of drug-likeness (QED) is 0.361. The van der Waals surface area contributed by atoms with Crippen LogP contribution in [0, 0.1) is 19.8 Å². The summed E-state index contributed by atoms with van der Waals surface area (Å²) in [5.74, 6) is 0.961. The maximum atomic E-state index is 11.9. The number of carbonyl (C=O) groups is 2. The molecule has 1 fully saturated rings. The van der Waals surface area contributed by atoms with Gasteiger partial charge in [0.25, 0.3) is 5.24 Å². The van der Waals surface area contributed by atoms with E-state index in [1.54, 1.807) is 0 Å². The van der Waals surface area contributed by atoms with E-state index in [-0.39, 0.29) is 89.9 Å². The summed E-state index contributed by atoms with van der Waals surface area (Å²) in [5.41, 5.74) is 5.34. The first-order chi connectivity index (χ1) is 14.2. The van der Waals surface area contributed by atoms with Crippen LogP contribution in [0.1, 0.15) is 132 Å². The fraction of sp³-hybridized carbons (Fsp3) is 0.435. The van der Waals surface area contributed by atoms with Crippen molar-refractivity contribution < 1.29 is 106 Å². The number of ether oxygens (including phenoxy) is 1. The maximum Gasteiger partial charge on any atom is 0.286 e. The van der Waals surface area contributed by atoms with Gasteiger partial charge >= 0.3 is 0 Å². The molecule has 1 aromatic heterocycles. The Morgan fingerprint density at radius 1 is 1.28 bits per heavy atom. The second-order valence-electron chi connectivity index (χ2n) is 7.87. The van der Waals surface area contributed by atoms with Crippen molar-refractivity contribution in [3.05, 3.63) is 58.4 Å². The number of aryl methyl sites for hydroxylation is 2. The number of carbonyl (C=O) groups excluding carboxylic acids is 2. The lowest BCUT2D eigenvalue weighted by atomic mass is 10.0. The molecular formula is C23H154N2O3S. The number of benzene rings is 1. The van der Waals surface area contributed by atoms with Gasteiger partial charge in [-0.05, 0) is 61.4 Å². The minimum absolute atomic E-state index is 0. The molecule has 1 unspecified atom stereocenters. The third-order valence-corrected chi connectivity index (χ3v) is 5.82. The zero-order chi connectivity index (χ0) is 21.8. The molecule has 0 bridgehead atoms. The Morgan fingerprint density at radius 2 is 2.07 bits per heavy atom. The molecule has 1 aliphatic heterocycles. The van der Waals surface area contributed by atoms with E-state index in [0.29, 0.717) is 24.3 Å². The Balaban J connectivity index is -0.00000000275. The van der Waals surface area contributed by atoms with Gasteiger partial charge in [0.1, 0.15) is 5.75 Å². The van der Waals surface area contributed by atoms with Gasteiger partial charge in [0, 0.05) is 108 Å². The van der Waals surface area contributed by atoms with E-state index < -0.39 is 16.4 Å². The van der Waals surface area contributed by atoms with Gasteiger partial charge in [0.05, 0.1) is 11.9 Å². The summed E-state index contributed by atoms with van der Waals surface area (Å²) in [7, 11) is 0. The lowest BCUT2D eigenvalue weighted by molar-refractivity contribution is -0.118. The van der Waals surface area contributed by atoms with Gasteiger partial charge in [0.15, 0.2) is 1.41 Å². The molecule has 2 aromatic rings. The summed E-state index contributed by atoms with van der Waals surface area (Å²) >= 11 is 0.915. The molecule has 0 saturated carbocycles. The number of aromatic nitrogens is 1. The predicted molar refractivity (Wildman–Crippen MR) is 250 cm³/mol. The van der Waals surface area contributed by atoms with Crippen molar-refractivity contribution in [3.63, 3.8) is 0 Å². The Hall–Kier alpha value is -2.34. The Kier molecular flexibility index (Phi) is 6.49. The van der Waals surface area contributed by atoms with E-state index in [2.05, 4.69) is 32.9 Å². The van der Waals surface area contributed by atoms with Crippen molar-refractivity contribution in [1.82, 2.24) is 10.3 Å². The molecule has 1 N–H and O–H groups in total.